The molecule has 5 heteroatoms. The molecular weight excluding hydrogens is 242 g/mol. The van der Waals surface area contributed by atoms with Gasteiger partial charge in [0.2, 0.25) is 5.88 Å². The summed E-state index contributed by atoms with van der Waals surface area (Å²) in [4.78, 5) is 3.97. The Bertz CT molecular complexity index is 579. The lowest BCUT2D eigenvalue weighted by Gasteiger charge is -2.09. The Morgan fingerprint density at radius 2 is 1.89 bits per heavy atom. The van der Waals surface area contributed by atoms with Gasteiger partial charge in [-0.25, -0.2) is 4.98 Å². The highest BCUT2D eigenvalue weighted by Gasteiger charge is 2.03. The van der Waals surface area contributed by atoms with Crippen LogP contribution in [-0.4, -0.2) is 18.2 Å². The van der Waals surface area contributed by atoms with E-state index in [0.717, 1.165) is 5.75 Å². The number of hydrogen-bond donors (Lipinski definition) is 1. The van der Waals surface area contributed by atoms with E-state index in [4.69, 9.17) is 20.5 Å². The van der Waals surface area contributed by atoms with Crippen molar-refractivity contribution < 1.29 is 9.47 Å². The Labute approximate surface area is 111 Å². The third-order valence-electron chi connectivity index (χ3n) is 2.34. The molecule has 0 bridgehead atoms. The Morgan fingerprint density at radius 1 is 1.16 bits per heavy atom. The zero-order valence-corrected chi connectivity index (χ0v) is 10.2. The summed E-state index contributed by atoms with van der Waals surface area (Å²) < 4.78 is 10.9. The molecule has 0 aliphatic rings. The van der Waals surface area contributed by atoms with Crippen molar-refractivity contribution >= 4 is 5.69 Å². The van der Waals surface area contributed by atoms with E-state index in [-0.39, 0.29) is 0 Å². The predicted octanol–water partition coefficient (Wildman–Crippen LogP) is 1.99. The summed E-state index contributed by atoms with van der Waals surface area (Å²) in [5.41, 5.74) is 6.46. The lowest BCUT2D eigenvalue weighted by atomic mass is 10.3. The van der Waals surface area contributed by atoms with Crippen LogP contribution in [0.3, 0.4) is 0 Å². The first kappa shape index (κ1) is 12.7. The molecule has 0 saturated heterocycles. The molecule has 1 heterocycles. The number of hydrogen-bond acceptors (Lipinski definition) is 5. The van der Waals surface area contributed by atoms with Gasteiger partial charge in [0.1, 0.15) is 25.0 Å². The van der Waals surface area contributed by atoms with E-state index in [9.17, 15) is 0 Å². The van der Waals surface area contributed by atoms with Crippen molar-refractivity contribution in [2.45, 2.75) is 0 Å². The molecule has 19 heavy (non-hydrogen) atoms. The van der Waals surface area contributed by atoms with Crippen molar-refractivity contribution in [3.05, 3.63) is 48.2 Å². The molecule has 2 N–H and O–H groups in total. The number of nitriles is 1. The number of nitrogens with two attached hydrogens (primary N) is 1. The lowest BCUT2D eigenvalue weighted by molar-refractivity contribution is 0.213. The third kappa shape index (κ3) is 3.61. The number of nitrogens with zero attached hydrogens (tertiary/aromatic N) is 2. The molecule has 5 nitrogen and oxygen atoms in total. The smallest absolute Gasteiger partial charge is 0.237 e. The Morgan fingerprint density at radius 3 is 2.58 bits per heavy atom. The monoisotopic (exact) mass is 255 g/mol. The summed E-state index contributed by atoms with van der Waals surface area (Å²) in [5.74, 6) is 1.10. The fourth-order valence-electron chi connectivity index (χ4n) is 1.47. The highest BCUT2D eigenvalue weighted by Crippen LogP contribution is 2.18. The molecular formula is C14H13N3O2. The number of nitrogen functional groups attached to an aromatic ring is 1. The van der Waals surface area contributed by atoms with Crippen LogP contribution in [0.5, 0.6) is 11.6 Å². The lowest BCUT2D eigenvalue weighted by Crippen LogP contribution is -2.10. The van der Waals surface area contributed by atoms with Gasteiger partial charge in [0.05, 0.1) is 11.3 Å². The average Bonchev–Trinajstić information content (AvgIpc) is 2.46. The maximum absolute atomic E-state index is 8.69. The van der Waals surface area contributed by atoms with Crippen LogP contribution in [0, 0.1) is 11.3 Å². The van der Waals surface area contributed by atoms with Gasteiger partial charge in [-0.15, -0.1) is 0 Å². The first-order chi connectivity index (χ1) is 9.29. The number of anilines is 1. The molecule has 2 rings (SSSR count). The molecule has 0 saturated carbocycles. The fourth-order valence-corrected chi connectivity index (χ4v) is 1.47. The van der Waals surface area contributed by atoms with Crippen molar-refractivity contribution in [1.29, 1.82) is 5.26 Å². The number of ether oxygens (including phenoxy) is 2. The van der Waals surface area contributed by atoms with E-state index in [0.29, 0.717) is 30.3 Å². The van der Waals surface area contributed by atoms with Crippen LogP contribution in [0.15, 0.2) is 42.6 Å². The van der Waals surface area contributed by atoms with Crippen molar-refractivity contribution in [3.8, 4) is 17.7 Å². The zero-order chi connectivity index (χ0) is 13.5. The van der Waals surface area contributed by atoms with Gasteiger partial charge in [-0.2, -0.15) is 5.26 Å². The second-order valence-corrected chi connectivity index (χ2v) is 3.74. The minimum Gasteiger partial charge on any atom is -0.490 e. The molecule has 0 aliphatic heterocycles. The third-order valence-corrected chi connectivity index (χ3v) is 2.34. The normalized spacial score (nSPS) is 9.63. The molecule has 0 radical (unpaired) electrons. The van der Waals surface area contributed by atoms with Crippen molar-refractivity contribution in [3.63, 3.8) is 0 Å². The number of aromatic nitrogens is 1. The van der Waals surface area contributed by atoms with Gasteiger partial charge in [0.15, 0.2) is 0 Å². The van der Waals surface area contributed by atoms with E-state index < -0.39 is 0 Å². The number of rotatable bonds is 5. The maximum atomic E-state index is 8.69. The molecule has 0 atom stereocenters. The molecule has 0 fully saturated rings. The zero-order valence-electron chi connectivity index (χ0n) is 10.2. The van der Waals surface area contributed by atoms with Gasteiger partial charge >= 0.3 is 0 Å². The Balaban J connectivity index is 1.82. The summed E-state index contributed by atoms with van der Waals surface area (Å²) in [6.07, 6.45) is 1.42. The van der Waals surface area contributed by atoms with Crippen molar-refractivity contribution in [2.24, 2.45) is 0 Å². The number of pyridine rings is 1. The highest BCUT2D eigenvalue weighted by atomic mass is 16.5. The van der Waals surface area contributed by atoms with Gasteiger partial charge in [-0.1, -0.05) is 18.2 Å². The molecule has 0 spiro atoms. The summed E-state index contributed by atoms with van der Waals surface area (Å²) >= 11 is 0. The standard InChI is InChI=1S/C14H13N3O2/c15-9-11-8-13(16)14(17-10-11)19-7-6-18-12-4-2-1-3-5-12/h1-5,8,10H,6-7,16H2. The van der Waals surface area contributed by atoms with Gasteiger partial charge in [-0.05, 0) is 18.2 Å². The molecule has 2 aromatic rings. The summed E-state index contributed by atoms with van der Waals surface area (Å²) in [7, 11) is 0. The fraction of sp³-hybridized carbons (Fsp3) is 0.143. The first-order valence-corrected chi connectivity index (χ1v) is 5.76. The van der Waals surface area contributed by atoms with Crippen LogP contribution >= 0.6 is 0 Å². The number of para-hydroxylation sites is 1. The van der Waals surface area contributed by atoms with Crippen LogP contribution < -0.4 is 15.2 Å². The van der Waals surface area contributed by atoms with Crippen LogP contribution in [0.4, 0.5) is 5.69 Å². The summed E-state index contributed by atoms with van der Waals surface area (Å²) in [6.45, 7) is 0.725. The molecule has 0 aliphatic carbocycles. The topological polar surface area (TPSA) is 81.2 Å². The molecule has 1 aromatic heterocycles. The van der Waals surface area contributed by atoms with E-state index in [2.05, 4.69) is 4.98 Å². The molecule has 96 valence electrons. The maximum Gasteiger partial charge on any atom is 0.237 e. The van der Waals surface area contributed by atoms with Crippen LogP contribution in [0.25, 0.3) is 0 Å². The van der Waals surface area contributed by atoms with E-state index in [1.54, 1.807) is 0 Å². The average molecular weight is 255 g/mol. The van der Waals surface area contributed by atoms with Crippen molar-refractivity contribution in [2.75, 3.05) is 18.9 Å². The highest BCUT2D eigenvalue weighted by molar-refractivity contribution is 5.51. The second-order valence-electron chi connectivity index (χ2n) is 3.74. The Hall–Kier alpha value is -2.74. The first-order valence-electron chi connectivity index (χ1n) is 5.76. The second kappa shape index (κ2) is 6.26. The van der Waals surface area contributed by atoms with Gasteiger partial charge in [0.25, 0.3) is 0 Å². The van der Waals surface area contributed by atoms with Gasteiger partial charge in [0, 0.05) is 6.20 Å². The Kier molecular flexibility index (Phi) is 4.19. The summed E-state index contributed by atoms with van der Waals surface area (Å²) in [5, 5.41) is 8.69. The minimum absolute atomic E-state index is 0.315. The van der Waals surface area contributed by atoms with E-state index in [1.165, 1.54) is 12.3 Å². The van der Waals surface area contributed by atoms with E-state index >= 15 is 0 Å². The summed E-state index contributed by atoms with van der Waals surface area (Å²) in [6, 6.07) is 12.9. The van der Waals surface area contributed by atoms with Gasteiger partial charge < -0.3 is 15.2 Å². The van der Waals surface area contributed by atoms with Crippen LogP contribution in [0.2, 0.25) is 0 Å². The quantitative estimate of drug-likeness (QED) is 0.826. The molecule has 1 aromatic carbocycles. The predicted molar refractivity (Wildman–Crippen MR) is 70.8 cm³/mol. The van der Waals surface area contributed by atoms with Crippen molar-refractivity contribution in [1.82, 2.24) is 4.98 Å². The molecule has 0 amide bonds. The largest absolute Gasteiger partial charge is 0.490 e. The van der Waals surface area contributed by atoms with Crippen LogP contribution in [-0.2, 0) is 0 Å². The van der Waals surface area contributed by atoms with E-state index in [1.807, 2.05) is 36.4 Å². The SMILES string of the molecule is N#Cc1cnc(OCCOc2ccccc2)c(N)c1. The molecule has 0 unspecified atom stereocenters. The van der Waals surface area contributed by atoms with Gasteiger partial charge in [-0.3, -0.25) is 0 Å². The minimum atomic E-state index is 0.315. The number of benzene rings is 1. The van der Waals surface area contributed by atoms with Crippen LogP contribution in [0.1, 0.15) is 5.56 Å².